The maximum atomic E-state index is 9.29. The van der Waals surface area contributed by atoms with E-state index in [0.29, 0.717) is 0 Å². The lowest BCUT2D eigenvalue weighted by Crippen LogP contribution is -2.18. The number of aliphatic hydroxyl groups is 1. The maximum Gasteiger partial charge on any atom is 0.168 e. The first-order valence-electron chi connectivity index (χ1n) is 3.94. The topological polar surface area (TPSA) is 58.3 Å². The van der Waals surface area contributed by atoms with Crippen LogP contribution in [0.5, 0.6) is 0 Å². The van der Waals surface area contributed by atoms with E-state index in [0.717, 1.165) is 11.3 Å². The molecule has 1 atom stereocenters. The average Bonchev–Trinajstić information content (AvgIpc) is 2.03. The van der Waals surface area contributed by atoms with Crippen molar-refractivity contribution in [1.82, 2.24) is 0 Å². The summed E-state index contributed by atoms with van der Waals surface area (Å²) < 4.78 is 0. The zero-order valence-electron chi connectivity index (χ0n) is 7.32. The van der Waals surface area contributed by atoms with Crippen molar-refractivity contribution in [2.45, 2.75) is 13.0 Å². The fourth-order valence-electron chi connectivity index (χ4n) is 1.02. The van der Waals surface area contributed by atoms with Crippen LogP contribution in [0.1, 0.15) is 18.6 Å². The van der Waals surface area contributed by atoms with E-state index in [1.165, 1.54) is 0 Å². The molecule has 1 unspecified atom stereocenters. The molecule has 0 aliphatic rings. The van der Waals surface area contributed by atoms with Crippen LogP contribution >= 0.6 is 12.2 Å². The monoisotopic (exact) mass is 196 g/mol. The van der Waals surface area contributed by atoms with Crippen LogP contribution in [-0.4, -0.2) is 10.2 Å². The van der Waals surface area contributed by atoms with E-state index in [1.54, 1.807) is 6.92 Å². The highest BCUT2D eigenvalue weighted by Crippen LogP contribution is 2.16. The second kappa shape index (κ2) is 4.20. The first kappa shape index (κ1) is 9.95. The Morgan fingerprint density at radius 2 is 2.31 bits per heavy atom. The summed E-state index contributed by atoms with van der Waals surface area (Å²) >= 11 is 4.69. The van der Waals surface area contributed by atoms with E-state index in [1.807, 2.05) is 24.3 Å². The fraction of sp³-hybridized carbons (Fsp3) is 0.222. The van der Waals surface area contributed by atoms with Gasteiger partial charge in [0, 0.05) is 5.69 Å². The largest absolute Gasteiger partial charge is 0.389 e. The van der Waals surface area contributed by atoms with Gasteiger partial charge >= 0.3 is 0 Å². The summed E-state index contributed by atoms with van der Waals surface area (Å²) in [6.07, 6.45) is -0.479. The van der Waals surface area contributed by atoms with E-state index >= 15 is 0 Å². The van der Waals surface area contributed by atoms with Gasteiger partial charge in [-0.25, -0.2) is 0 Å². The Morgan fingerprint density at radius 3 is 2.85 bits per heavy atom. The SMILES string of the molecule is CC(O)c1cccc(NC(N)=S)c1. The molecule has 1 rings (SSSR count). The molecule has 4 heteroatoms. The lowest BCUT2D eigenvalue weighted by atomic mass is 10.1. The molecule has 0 aliphatic heterocycles. The number of aliphatic hydroxyl groups excluding tert-OH is 1. The first-order chi connectivity index (χ1) is 6.09. The van der Waals surface area contributed by atoms with Crippen molar-refractivity contribution in [2.75, 3.05) is 5.32 Å². The maximum absolute atomic E-state index is 9.29. The van der Waals surface area contributed by atoms with Crippen molar-refractivity contribution in [2.24, 2.45) is 5.73 Å². The van der Waals surface area contributed by atoms with Crippen molar-refractivity contribution in [3.8, 4) is 0 Å². The van der Waals surface area contributed by atoms with Crippen LogP contribution in [0.3, 0.4) is 0 Å². The van der Waals surface area contributed by atoms with Gasteiger partial charge in [-0.05, 0) is 36.8 Å². The Bertz CT molecular complexity index is 312. The Labute approximate surface area is 82.6 Å². The van der Waals surface area contributed by atoms with Crippen LogP contribution in [-0.2, 0) is 0 Å². The minimum absolute atomic E-state index is 0.225. The van der Waals surface area contributed by atoms with Gasteiger partial charge in [0.25, 0.3) is 0 Å². The van der Waals surface area contributed by atoms with Crippen molar-refractivity contribution < 1.29 is 5.11 Å². The molecule has 1 aromatic rings. The van der Waals surface area contributed by atoms with Crippen LogP contribution in [0, 0.1) is 0 Å². The predicted octanol–water partition coefficient (Wildman–Crippen LogP) is 1.40. The molecule has 0 heterocycles. The van der Waals surface area contributed by atoms with E-state index in [9.17, 15) is 5.11 Å². The summed E-state index contributed by atoms with van der Waals surface area (Å²) in [6.45, 7) is 1.71. The summed E-state index contributed by atoms with van der Waals surface area (Å²) in [5.41, 5.74) is 6.94. The summed E-state index contributed by atoms with van der Waals surface area (Å²) in [7, 11) is 0. The van der Waals surface area contributed by atoms with Crippen molar-refractivity contribution in [3.05, 3.63) is 29.8 Å². The number of nitrogens with one attached hydrogen (secondary N) is 1. The minimum atomic E-state index is -0.479. The van der Waals surface area contributed by atoms with Crippen molar-refractivity contribution >= 4 is 23.0 Å². The highest BCUT2D eigenvalue weighted by Gasteiger charge is 2.01. The predicted molar refractivity (Wildman–Crippen MR) is 57.5 cm³/mol. The zero-order valence-corrected chi connectivity index (χ0v) is 8.14. The lowest BCUT2D eigenvalue weighted by molar-refractivity contribution is 0.199. The number of rotatable bonds is 2. The van der Waals surface area contributed by atoms with Gasteiger partial charge in [0.1, 0.15) is 0 Å². The Morgan fingerprint density at radius 1 is 1.62 bits per heavy atom. The molecule has 0 aliphatic carbocycles. The van der Waals surface area contributed by atoms with Crippen LogP contribution in [0.25, 0.3) is 0 Å². The van der Waals surface area contributed by atoms with E-state index in [2.05, 4.69) is 5.32 Å². The number of benzene rings is 1. The summed E-state index contributed by atoms with van der Waals surface area (Å²) in [6, 6.07) is 7.33. The average molecular weight is 196 g/mol. The molecule has 0 amide bonds. The van der Waals surface area contributed by atoms with Gasteiger partial charge in [0.05, 0.1) is 6.10 Å². The van der Waals surface area contributed by atoms with Gasteiger partial charge in [-0.1, -0.05) is 12.1 Å². The Balaban J connectivity index is 2.85. The number of hydrogen-bond donors (Lipinski definition) is 3. The summed E-state index contributed by atoms with van der Waals surface area (Å²) in [5.74, 6) is 0. The quantitative estimate of drug-likeness (QED) is 0.626. The summed E-state index contributed by atoms with van der Waals surface area (Å²) in [4.78, 5) is 0. The van der Waals surface area contributed by atoms with Crippen LogP contribution < -0.4 is 11.1 Å². The number of anilines is 1. The molecule has 0 aromatic heterocycles. The molecule has 0 fully saturated rings. The Hall–Kier alpha value is -1.13. The first-order valence-corrected chi connectivity index (χ1v) is 4.35. The third kappa shape index (κ3) is 3.01. The Kier molecular flexibility index (Phi) is 3.22. The second-order valence-corrected chi connectivity index (χ2v) is 3.23. The number of nitrogens with two attached hydrogens (primary N) is 1. The molecule has 0 bridgehead atoms. The van der Waals surface area contributed by atoms with E-state index in [4.69, 9.17) is 18.0 Å². The van der Waals surface area contributed by atoms with Crippen LogP contribution in [0.2, 0.25) is 0 Å². The summed E-state index contributed by atoms with van der Waals surface area (Å²) in [5, 5.41) is 12.3. The van der Waals surface area contributed by atoms with Gasteiger partial charge in [-0.15, -0.1) is 0 Å². The standard InChI is InChI=1S/C9H12N2OS/c1-6(12)7-3-2-4-8(5-7)11-9(10)13/h2-6,12H,1H3,(H3,10,11,13). The minimum Gasteiger partial charge on any atom is -0.389 e. The molecule has 3 nitrogen and oxygen atoms in total. The third-order valence-electron chi connectivity index (χ3n) is 1.64. The van der Waals surface area contributed by atoms with E-state index in [-0.39, 0.29) is 5.11 Å². The van der Waals surface area contributed by atoms with Crippen LogP contribution in [0.4, 0.5) is 5.69 Å². The van der Waals surface area contributed by atoms with Crippen molar-refractivity contribution in [3.63, 3.8) is 0 Å². The number of hydrogen-bond acceptors (Lipinski definition) is 2. The highest BCUT2D eigenvalue weighted by molar-refractivity contribution is 7.80. The highest BCUT2D eigenvalue weighted by atomic mass is 32.1. The zero-order chi connectivity index (χ0) is 9.84. The molecule has 13 heavy (non-hydrogen) atoms. The third-order valence-corrected chi connectivity index (χ3v) is 1.74. The number of thiocarbonyl (C=S) groups is 1. The normalized spacial score (nSPS) is 12.2. The fourth-order valence-corrected chi connectivity index (χ4v) is 1.14. The van der Waals surface area contributed by atoms with Crippen molar-refractivity contribution in [1.29, 1.82) is 0 Å². The van der Waals surface area contributed by atoms with Gasteiger partial charge < -0.3 is 16.2 Å². The van der Waals surface area contributed by atoms with Gasteiger partial charge in [0.15, 0.2) is 5.11 Å². The molecule has 0 radical (unpaired) electrons. The molecule has 4 N–H and O–H groups in total. The van der Waals surface area contributed by atoms with E-state index < -0.39 is 6.10 Å². The molecule has 0 spiro atoms. The molecule has 1 aromatic carbocycles. The smallest absolute Gasteiger partial charge is 0.168 e. The molecular formula is C9H12N2OS. The van der Waals surface area contributed by atoms with Gasteiger partial charge in [-0.3, -0.25) is 0 Å². The second-order valence-electron chi connectivity index (χ2n) is 2.79. The molecule has 0 saturated carbocycles. The van der Waals surface area contributed by atoms with Crippen LogP contribution in [0.15, 0.2) is 24.3 Å². The lowest BCUT2D eigenvalue weighted by Gasteiger charge is -2.08. The molecule has 70 valence electrons. The van der Waals surface area contributed by atoms with Gasteiger partial charge in [0.2, 0.25) is 0 Å². The molecule has 0 saturated heterocycles. The van der Waals surface area contributed by atoms with Gasteiger partial charge in [-0.2, -0.15) is 0 Å². The molecular weight excluding hydrogens is 184 g/mol.